The largest absolute Gasteiger partial charge is 0.367 e. The molecule has 3 atom stereocenters. The molecule has 0 aliphatic heterocycles. The van der Waals surface area contributed by atoms with Gasteiger partial charge in [-0.25, -0.2) is 0 Å². The summed E-state index contributed by atoms with van der Waals surface area (Å²) < 4.78 is 16.0. The first kappa shape index (κ1) is 24.3. The van der Waals surface area contributed by atoms with Crippen molar-refractivity contribution in [2.75, 3.05) is 11.9 Å². The lowest BCUT2D eigenvalue weighted by atomic mass is 10.4. The van der Waals surface area contributed by atoms with Gasteiger partial charge in [-0.05, 0) is 88.2 Å². The molecular weight excluding hydrogens is 918 g/mol. The maximum absolute atomic E-state index is 9.55. The Morgan fingerprint density at radius 2 is 1.74 bits per heavy atom. The van der Waals surface area contributed by atoms with Crippen molar-refractivity contribution in [3.8, 4) is 0 Å². The van der Waals surface area contributed by atoms with E-state index in [4.69, 9.17) is 13.1 Å². The lowest BCUT2D eigenvalue weighted by Crippen LogP contribution is -2.34. The number of ether oxygens (including phenoxy) is 1. The monoisotopic (exact) mass is 923 g/mol. The molecule has 14 heteroatoms. The Morgan fingerprint density at radius 3 is 2.21 bits per heavy atom. The number of halogens is 6. The van der Waals surface area contributed by atoms with E-state index in [0.29, 0.717) is 11.9 Å². The summed E-state index contributed by atoms with van der Waals surface area (Å²) in [5.74, 6) is 0. The molecular formula is C5H8Br2I4O4P2S2. The van der Waals surface area contributed by atoms with Gasteiger partial charge in [-0.15, -0.1) is 0 Å². The van der Waals surface area contributed by atoms with E-state index >= 15 is 0 Å². The second-order valence-corrected chi connectivity index (χ2v) is 39.2. The van der Waals surface area contributed by atoms with E-state index in [1.165, 1.54) is 23.3 Å². The van der Waals surface area contributed by atoms with Gasteiger partial charge >= 0.3 is 0 Å². The Hall–Kier alpha value is 5.28. The van der Waals surface area contributed by atoms with E-state index in [1.54, 1.807) is 0 Å². The molecule has 0 radical (unpaired) electrons. The Morgan fingerprint density at radius 1 is 1.16 bits per heavy atom. The van der Waals surface area contributed by atoms with Crippen molar-refractivity contribution >= 4 is 148 Å². The SMILES string of the molecule is OC(CBr)O[C@H](COSP(I)I)[C@H](Br)OSP(I)I. The van der Waals surface area contributed by atoms with Gasteiger partial charge in [-0.3, -0.25) is 4.18 Å². The van der Waals surface area contributed by atoms with Crippen molar-refractivity contribution in [3.63, 3.8) is 0 Å². The smallest absolute Gasteiger partial charge is 0.164 e. The van der Waals surface area contributed by atoms with Crippen LogP contribution in [-0.2, 0) is 13.1 Å². The number of hydrogen-bond acceptors (Lipinski definition) is 6. The van der Waals surface area contributed by atoms with Crippen LogP contribution in [0.5, 0.6) is 0 Å². The van der Waals surface area contributed by atoms with Gasteiger partial charge < -0.3 is 14.0 Å². The number of alkyl halides is 2. The van der Waals surface area contributed by atoms with E-state index in [9.17, 15) is 5.11 Å². The van der Waals surface area contributed by atoms with E-state index in [2.05, 4.69) is 120 Å². The van der Waals surface area contributed by atoms with E-state index < -0.39 is 6.29 Å². The quantitative estimate of drug-likeness (QED) is 0.0772. The highest BCUT2D eigenvalue weighted by molar-refractivity contribution is 14.3. The molecule has 0 bridgehead atoms. The minimum absolute atomic E-state index is 0.246. The first-order chi connectivity index (χ1) is 8.86. The van der Waals surface area contributed by atoms with Crippen molar-refractivity contribution < 1.29 is 18.2 Å². The minimum atomic E-state index is -0.881. The normalized spacial score (nSPS) is 16.9. The third-order valence-corrected chi connectivity index (χ3v) is 10.7. The van der Waals surface area contributed by atoms with E-state index in [-0.39, 0.29) is 15.9 Å². The van der Waals surface area contributed by atoms with Crippen LogP contribution in [0, 0.1) is 0 Å². The molecule has 0 aliphatic rings. The highest BCUT2D eigenvalue weighted by Crippen LogP contribution is 2.66. The lowest BCUT2D eigenvalue weighted by Gasteiger charge is -2.24. The third kappa shape index (κ3) is 15.3. The van der Waals surface area contributed by atoms with Crippen LogP contribution in [0.1, 0.15) is 0 Å². The summed E-state index contributed by atoms with van der Waals surface area (Å²) in [6, 6.07) is 0. The van der Waals surface area contributed by atoms with Gasteiger partial charge in [0, 0.05) is 23.3 Å². The summed E-state index contributed by atoms with van der Waals surface area (Å²) in [7, 11) is 0. The molecule has 0 heterocycles. The van der Waals surface area contributed by atoms with Crippen molar-refractivity contribution in [2.45, 2.75) is 17.4 Å². The zero-order valence-corrected chi connectivity index (χ0v) is 24.0. The summed E-state index contributed by atoms with van der Waals surface area (Å²) in [4.78, 5) is 0. The van der Waals surface area contributed by atoms with Crippen molar-refractivity contribution in [3.05, 3.63) is 0 Å². The molecule has 0 fully saturated rings. The standard InChI is InChI=1S/C5H8Br2I4O4P2S2/c6-1-4(12)14-3(2-13-18-16(8)9)5(7)15-19-17(10)11/h3-5,12H,1-2H2/t3-,4?,5-/m1/s1. The van der Waals surface area contributed by atoms with Crippen LogP contribution >= 0.6 is 148 Å². The number of rotatable bonds is 11. The summed E-state index contributed by atoms with van der Waals surface area (Å²) in [5, 5.41) is 9.56. The number of aliphatic hydroxyl groups is 1. The topological polar surface area (TPSA) is 47.9 Å². The fraction of sp³-hybridized carbons (Fsp3) is 1.00. The second kappa shape index (κ2) is 15.5. The molecule has 1 unspecified atom stereocenters. The van der Waals surface area contributed by atoms with Crippen LogP contribution in [0.2, 0.25) is 0 Å². The fourth-order valence-corrected chi connectivity index (χ4v) is 6.86. The Balaban J connectivity index is 4.22. The number of aliphatic hydroxyl groups excluding tert-OH is 1. The second-order valence-electron chi connectivity index (χ2n) is 2.57. The van der Waals surface area contributed by atoms with Gasteiger partial charge in [0.05, 0.1) is 11.9 Å². The predicted molar refractivity (Wildman–Crippen MR) is 130 cm³/mol. The molecule has 0 saturated heterocycles. The molecule has 19 heavy (non-hydrogen) atoms. The zero-order chi connectivity index (χ0) is 14.8. The van der Waals surface area contributed by atoms with Crippen LogP contribution in [0.25, 0.3) is 0 Å². The Labute approximate surface area is 192 Å². The van der Waals surface area contributed by atoms with E-state index in [0.717, 1.165) is 0 Å². The van der Waals surface area contributed by atoms with Gasteiger partial charge in [-0.1, -0.05) is 31.9 Å². The molecule has 0 aromatic rings. The van der Waals surface area contributed by atoms with Crippen LogP contribution < -0.4 is 0 Å². The van der Waals surface area contributed by atoms with Crippen molar-refractivity contribution in [2.24, 2.45) is 0 Å². The summed E-state index contributed by atoms with van der Waals surface area (Å²) in [6.07, 6.45) is -1.26. The van der Waals surface area contributed by atoms with Crippen LogP contribution in [-0.4, -0.2) is 34.5 Å². The lowest BCUT2D eigenvalue weighted by molar-refractivity contribution is -0.140. The molecule has 1 N–H and O–H groups in total. The highest BCUT2D eigenvalue weighted by Gasteiger charge is 2.25. The molecule has 4 nitrogen and oxygen atoms in total. The maximum Gasteiger partial charge on any atom is 0.164 e. The average molecular weight is 926 g/mol. The zero-order valence-electron chi connectivity index (χ0n) is 8.80. The van der Waals surface area contributed by atoms with E-state index in [1.807, 2.05) is 0 Å². The minimum Gasteiger partial charge on any atom is -0.367 e. The predicted octanol–water partition coefficient (Wildman–Crippen LogP) is 7.33. The third-order valence-electron chi connectivity index (χ3n) is 1.29. The summed E-state index contributed by atoms with van der Waals surface area (Å²) in [6.45, 7) is 0.344. The van der Waals surface area contributed by atoms with Gasteiger partial charge in [0.15, 0.2) is 11.3 Å². The molecule has 0 aromatic heterocycles. The average Bonchev–Trinajstić information content (AvgIpc) is 2.33. The fourth-order valence-electron chi connectivity index (χ4n) is 0.688. The van der Waals surface area contributed by atoms with Gasteiger partial charge in [0.2, 0.25) is 0 Å². The van der Waals surface area contributed by atoms with Gasteiger partial charge in [0.25, 0.3) is 0 Å². The Bertz CT molecular complexity index is 239. The number of hydrogen-bond donors (Lipinski definition) is 1. The first-order valence-corrected chi connectivity index (χ1v) is 22.8. The van der Waals surface area contributed by atoms with Crippen molar-refractivity contribution in [1.29, 1.82) is 0 Å². The highest BCUT2D eigenvalue weighted by atomic mass is 127. The maximum atomic E-state index is 9.55. The van der Waals surface area contributed by atoms with Crippen LogP contribution in [0.15, 0.2) is 0 Å². The van der Waals surface area contributed by atoms with Crippen LogP contribution in [0.4, 0.5) is 0 Å². The van der Waals surface area contributed by atoms with Crippen molar-refractivity contribution in [1.82, 2.24) is 0 Å². The van der Waals surface area contributed by atoms with Gasteiger partial charge in [-0.2, -0.15) is 0 Å². The van der Waals surface area contributed by atoms with Crippen LogP contribution in [0.3, 0.4) is 0 Å². The molecule has 0 rings (SSSR count). The first-order valence-electron chi connectivity index (χ1n) is 4.26. The molecule has 0 spiro atoms. The molecule has 0 saturated carbocycles. The van der Waals surface area contributed by atoms with Gasteiger partial charge in [0.1, 0.15) is 10.9 Å². The molecule has 0 aromatic carbocycles. The summed E-state index contributed by atoms with van der Waals surface area (Å²) in [5.41, 5.74) is 0. The molecule has 116 valence electrons. The molecule has 0 amide bonds. The molecule has 0 aliphatic carbocycles. The summed E-state index contributed by atoms with van der Waals surface area (Å²) >= 11 is 18.6. The Kier molecular flexibility index (Phi) is 19.8.